The molecule has 0 aliphatic rings. The lowest BCUT2D eigenvalue weighted by molar-refractivity contribution is 0.184. The van der Waals surface area contributed by atoms with Crippen LogP contribution in [0.5, 0.6) is 0 Å². The molecule has 0 fully saturated rings. The van der Waals surface area contributed by atoms with Crippen molar-refractivity contribution >= 4 is 0 Å². The third kappa shape index (κ3) is 3.21. The Bertz CT molecular complexity index is 754. The van der Waals surface area contributed by atoms with Crippen LogP contribution in [0.3, 0.4) is 0 Å². The Morgan fingerprint density at radius 3 is 2.67 bits per heavy atom. The van der Waals surface area contributed by atoms with Gasteiger partial charge in [0.05, 0.1) is 13.2 Å². The van der Waals surface area contributed by atoms with E-state index in [0.717, 1.165) is 16.8 Å². The molecule has 4 nitrogen and oxygen atoms in total. The highest BCUT2D eigenvalue weighted by Crippen LogP contribution is 2.11. The standard InChI is InChI=1S/C17H18N2O2/c1-12-5-4-6-14(7-12)10-19-13(2)8-15(11-21-3)16(9-18)17(19)20/h4-8H,10-11H2,1-3H3. The molecule has 0 saturated carbocycles. The molecule has 108 valence electrons. The zero-order valence-electron chi connectivity index (χ0n) is 12.5. The van der Waals surface area contributed by atoms with Crippen molar-refractivity contribution in [1.82, 2.24) is 4.57 Å². The van der Waals surface area contributed by atoms with Crippen molar-refractivity contribution < 1.29 is 4.74 Å². The lowest BCUT2D eigenvalue weighted by Gasteiger charge is -2.13. The first kappa shape index (κ1) is 15.0. The van der Waals surface area contributed by atoms with Gasteiger partial charge in [-0.05, 0) is 25.5 Å². The molecule has 0 amide bonds. The molecule has 2 rings (SSSR count). The summed E-state index contributed by atoms with van der Waals surface area (Å²) in [5.41, 5.74) is 3.56. The number of nitrogens with zero attached hydrogens (tertiary/aromatic N) is 2. The fourth-order valence-electron chi connectivity index (χ4n) is 2.41. The van der Waals surface area contributed by atoms with Crippen LogP contribution in [0.15, 0.2) is 35.1 Å². The van der Waals surface area contributed by atoms with Gasteiger partial charge in [-0.25, -0.2) is 0 Å². The first-order valence-electron chi connectivity index (χ1n) is 6.74. The molecule has 4 heteroatoms. The summed E-state index contributed by atoms with van der Waals surface area (Å²) in [7, 11) is 1.55. The highest BCUT2D eigenvalue weighted by Gasteiger charge is 2.13. The Hall–Kier alpha value is -2.38. The molecule has 1 aromatic carbocycles. The van der Waals surface area contributed by atoms with E-state index in [2.05, 4.69) is 0 Å². The zero-order chi connectivity index (χ0) is 15.4. The smallest absolute Gasteiger partial charge is 0.269 e. The van der Waals surface area contributed by atoms with E-state index < -0.39 is 0 Å². The van der Waals surface area contributed by atoms with Gasteiger partial charge in [-0.3, -0.25) is 4.79 Å². The molecule has 0 radical (unpaired) electrons. The summed E-state index contributed by atoms with van der Waals surface area (Å²) in [5.74, 6) is 0. The van der Waals surface area contributed by atoms with Crippen LogP contribution >= 0.6 is 0 Å². The van der Waals surface area contributed by atoms with Crippen LogP contribution in [0.25, 0.3) is 0 Å². The summed E-state index contributed by atoms with van der Waals surface area (Å²) >= 11 is 0. The van der Waals surface area contributed by atoms with Crippen LogP contribution in [-0.4, -0.2) is 11.7 Å². The molecule has 0 bridgehead atoms. The highest BCUT2D eigenvalue weighted by atomic mass is 16.5. The summed E-state index contributed by atoms with van der Waals surface area (Å²) in [6.07, 6.45) is 0. The van der Waals surface area contributed by atoms with Crippen LogP contribution in [0.1, 0.15) is 27.9 Å². The number of nitriles is 1. The van der Waals surface area contributed by atoms with Crippen LogP contribution < -0.4 is 5.56 Å². The van der Waals surface area contributed by atoms with Gasteiger partial charge < -0.3 is 9.30 Å². The van der Waals surface area contributed by atoms with Gasteiger partial charge in [0.2, 0.25) is 0 Å². The summed E-state index contributed by atoms with van der Waals surface area (Å²) in [4.78, 5) is 12.5. The average molecular weight is 282 g/mol. The topological polar surface area (TPSA) is 55.0 Å². The number of ether oxygens (including phenoxy) is 1. The van der Waals surface area contributed by atoms with Crippen LogP contribution in [0, 0.1) is 25.2 Å². The zero-order valence-corrected chi connectivity index (χ0v) is 12.5. The predicted molar refractivity (Wildman–Crippen MR) is 81.1 cm³/mol. The van der Waals surface area contributed by atoms with Crippen LogP contribution in [-0.2, 0) is 17.9 Å². The fraction of sp³-hybridized carbons (Fsp3) is 0.294. The minimum absolute atomic E-state index is 0.162. The van der Waals surface area contributed by atoms with Crippen LogP contribution in [0.4, 0.5) is 0 Å². The van der Waals surface area contributed by atoms with E-state index in [1.165, 1.54) is 0 Å². The number of rotatable bonds is 4. The van der Waals surface area contributed by atoms with Gasteiger partial charge in [0.1, 0.15) is 11.6 Å². The number of aryl methyl sites for hydroxylation is 2. The van der Waals surface area contributed by atoms with E-state index >= 15 is 0 Å². The quantitative estimate of drug-likeness (QED) is 0.866. The molecule has 21 heavy (non-hydrogen) atoms. The predicted octanol–water partition coefficient (Wildman–Crippen LogP) is 2.53. The third-order valence-electron chi connectivity index (χ3n) is 3.42. The van der Waals surface area contributed by atoms with Crippen molar-refractivity contribution in [2.24, 2.45) is 0 Å². The minimum Gasteiger partial charge on any atom is -0.380 e. The summed E-state index contributed by atoms with van der Waals surface area (Å²) in [6.45, 7) is 4.62. The lowest BCUT2D eigenvalue weighted by atomic mass is 10.1. The van der Waals surface area contributed by atoms with Gasteiger partial charge in [-0.15, -0.1) is 0 Å². The second-order valence-electron chi connectivity index (χ2n) is 5.11. The molecular weight excluding hydrogens is 264 g/mol. The molecular formula is C17H18N2O2. The Balaban J connectivity index is 2.50. The first-order valence-corrected chi connectivity index (χ1v) is 6.74. The molecule has 0 aliphatic carbocycles. The first-order chi connectivity index (χ1) is 10.1. The molecule has 0 aliphatic heterocycles. The largest absolute Gasteiger partial charge is 0.380 e. The Morgan fingerprint density at radius 2 is 2.05 bits per heavy atom. The van der Waals surface area contributed by atoms with Gasteiger partial charge >= 0.3 is 0 Å². The Morgan fingerprint density at radius 1 is 1.29 bits per heavy atom. The maximum Gasteiger partial charge on any atom is 0.269 e. The molecule has 1 aromatic heterocycles. The van der Waals surface area contributed by atoms with Gasteiger partial charge in [-0.2, -0.15) is 5.26 Å². The van der Waals surface area contributed by atoms with Crippen molar-refractivity contribution in [2.75, 3.05) is 7.11 Å². The number of methoxy groups -OCH3 is 1. The van der Waals surface area contributed by atoms with E-state index in [9.17, 15) is 10.1 Å². The second-order valence-corrected chi connectivity index (χ2v) is 5.11. The van der Waals surface area contributed by atoms with Gasteiger partial charge in [0, 0.05) is 18.4 Å². The molecule has 2 aromatic rings. The van der Waals surface area contributed by atoms with Crippen molar-refractivity contribution in [3.8, 4) is 6.07 Å². The van der Waals surface area contributed by atoms with E-state index in [-0.39, 0.29) is 17.7 Å². The van der Waals surface area contributed by atoms with Gasteiger partial charge in [0.25, 0.3) is 5.56 Å². The molecule has 0 N–H and O–H groups in total. The van der Waals surface area contributed by atoms with Crippen molar-refractivity contribution in [3.05, 3.63) is 68.6 Å². The number of benzene rings is 1. The summed E-state index contributed by atoms with van der Waals surface area (Å²) in [5, 5.41) is 9.23. The number of pyridine rings is 1. The van der Waals surface area contributed by atoms with Crippen LogP contribution in [0.2, 0.25) is 0 Å². The molecule has 0 saturated heterocycles. The normalized spacial score (nSPS) is 10.4. The molecule has 0 unspecified atom stereocenters. The maximum atomic E-state index is 12.5. The molecule has 0 spiro atoms. The van der Waals surface area contributed by atoms with Crippen molar-refractivity contribution in [1.29, 1.82) is 5.26 Å². The lowest BCUT2D eigenvalue weighted by Crippen LogP contribution is -2.27. The van der Waals surface area contributed by atoms with Gasteiger partial charge in [0.15, 0.2) is 0 Å². The number of hydrogen-bond donors (Lipinski definition) is 0. The summed E-state index contributed by atoms with van der Waals surface area (Å²) in [6, 6.07) is 11.9. The SMILES string of the molecule is COCc1cc(C)n(Cc2cccc(C)c2)c(=O)c1C#N. The number of hydrogen-bond acceptors (Lipinski definition) is 3. The van der Waals surface area contributed by atoms with E-state index in [4.69, 9.17) is 4.74 Å². The molecule has 0 atom stereocenters. The van der Waals surface area contributed by atoms with Gasteiger partial charge in [-0.1, -0.05) is 29.8 Å². The number of aromatic nitrogens is 1. The fourth-order valence-corrected chi connectivity index (χ4v) is 2.41. The van der Waals surface area contributed by atoms with Crippen molar-refractivity contribution in [3.63, 3.8) is 0 Å². The summed E-state index contributed by atoms with van der Waals surface area (Å²) < 4.78 is 6.69. The monoisotopic (exact) mass is 282 g/mol. The van der Waals surface area contributed by atoms with Crippen molar-refractivity contribution in [2.45, 2.75) is 27.0 Å². The van der Waals surface area contributed by atoms with E-state index in [0.29, 0.717) is 12.1 Å². The Labute approximate surface area is 124 Å². The highest BCUT2D eigenvalue weighted by molar-refractivity contribution is 5.37. The minimum atomic E-state index is -0.258. The second kappa shape index (κ2) is 6.38. The van der Waals surface area contributed by atoms with E-state index in [1.807, 2.05) is 50.2 Å². The maximum absolute atomic E-state index is 12.5. The van der Waals surface area contributed by atoms with E-state index in [1.54, 1.807) is 11.7 Å². The Kier molecular flexibility index (Phi) is 4.56. The third-order valence-corrected chi connectivity index (χ3v) is 3.42. The average Bonchev–Trinajstić information content (AvgIpc) is 2.44. The molecule has 1 heterocycles.